The third-order valence-electron chi connectivity index (χ3n) is 7.24. The third kappa shape index (κ3) is 4.01. The minimum absolute atomic E-state index is 0.0305. The summed E-state index contributed by atoms with van der Waals surface area (Å²) in [5.74, 6) is 1.33. The number of hydrogen-bond donors (Lipinski definition) is 0. The fourth-order valence-electron chi connectivity index (χ4n) is 5.30. The van der Waals surface area contributed by atoms with Crippen molar-refractivity contribution in [1.82, 2.24) is 0 Å². The van der Waals surface area contributed by atoms with Crippen molar-refractivity contribution >= 4 is 21.7 Å². The van der Waals surface area contributed by atoms with Crippen LogP contribution in [0, 0.1) is 16.7 Å². The number of benzene rings is 1. The Kier molecular flexibility index (Phi) is 7.41. The van der Waals surface area contributed by atoms with Crippen molar-refractivity contribution in [3.8, 4) is 5.75 Å². The number of hydrogen-bond acceptors (Lipinski definition) is 5. The molecule has 4 atom stereocenters. The minimum Gasteiger partial charge on any atom is -0.467 e. The van der Waals surface area contributed by atoms with E-state index in [4.69, 9.17) is 18.9 Å². The van der Waals surface area contributed by atoms with Gasteiger partial charge >= 0.3 is 0 Å². The predicted molar refractivity (Wildman–Crippen MR) is 116 cm³/mol. The van der Waals surface area contributed by atoms with Crippen LogP contribution in [-0.2, 0) is 25.4 Å². The van der Waals surface area contributed by atoms with Gasteiger partial charge in [0.1, 0.15) is 18.3 Å². The highest BCUT2D eigenvalue weighted by Gasteiger charge is 2.68. The summed E-state index contributed by atoms with van der Waals surface area (Å²) in [7, 11) is 3.23. The molecule has 0 unspecified atom stereocenters. The lowest BCUT2D eigenvalue weighted by Gasteiger charge is -2.34. The van der Waals surface area contributed by atoms with Gasteiger partial charge in [-0.15, -0.1) is 0 Å². The minimum atomic E-state index is -0.283. The van der Waals surface area contributed by atoms with E-state index in [2.05, 4.69) is 41.9 Å². The van der Waals surface area contributed by atoms with Gasteiger partial charge in [-0.2, -0.15) is 0 Å². The summed E-state index contributed by atoms with van der Waals surface area (Å²) < 4.78 is 21.3. The molecule has 0 radical (unpaired) electrons. The van der Waals surface area contributed by atoms with E-state index in [1.165, 1.54) is 5.56 Å². The van der Waals surface area contributed by atoms with Crippen molar-refractivity contribution in [2.45, 2.75) is 45.4 Å². The highest BCUT2D eigenvalue weighted by atomic mass is 79.9. The summed E-state index contributed by atoms with van der Waals surface area (Å²) in [5.41, 5.74) is 1.90. The van der Waals surface area contributed by atoms with Crippen LogP contribution in [0.2, 0.25) is 0 Å². The number of Topliss-reactive ketones (excluding diaryl/α,β-unsaturated/α-hetero) is 1. The number of carbonyl (C=O) groups is 1. The smallest absolute Gasteiger partial charge is 0.188 e. The second-order valence-electron chi connectivity index (χ2n) is 8.71. The Morgan fingerprint density at radius 2 is 1.93 bits per heavy atom. The molecule has 2 fully saturated rings. The van der Waals surface area contributed by atoms with Crippen LogP contribution in [0.25, 0.3) is 0 Å². The molecule has 2 bridgehead atoms. The molecule has 0 heterocycles. The fourth-order valence-corrected chi connectivity index (χ4v) is 6.33. The van der Waals surface area contributed by atoms with E-state index in [9.17, 15) is 4.79 Å². The van der Waals surface area contributed by atoms with Gasteiger partial charge in [0, 0.05) is 37.1 Å². The number of ether oxygens (including phenoxy) is 4. The number of rotatable bonds is 11. The molecule has 3 rings (SSSR count). The first-order chi connectivity index (χ1) is 13.9. The molecule has 0 spiro atoms. The zero-order valence-electron chi connectivity index (χ0n) is 18.0. The Labute approximate surface area is 182 Å². The van der Waals surface area contributed by atoms with Gasteiger partial charge in [0.2, 0.25) is 0 Å². The largest absolute Gasteiger partial charge is 0.467 e. The topological polar surface area (TPSA) is 54.0 Å². The monoisotopic (exact) mass is 468 g/mol. The average molecular weight is 469 g/mol. The number of fused-ring (bicyclic) bond motifs is 2. The highest BCUT2D eigenvalue weighted by Crippen LogP contribution is 2.69. The maximum atomic E-state index is 13.6. The van der Waals surface area contributed by atoms with Crippen LogP contribution in [0.15, 0.2) is 18.2 Å². The van der Waals surface area contributed by atoms with Gasteiger partial charge in [-0.3, -0.25) is 4.79 Å². The Morgan fingerprint density at radius 1 is 1.17 bits per heavy atom. The molecule has 2 aliphatic carbocycles. The van der Waals surface area contributed by atoms with E-state index in [-0.39, 0.29) is 23.5 Å². The molecule has 0 aliphatic heterocycles. The molecule has 1 aromatic rings. The molecular formula is C23H33BrO5. The van der Waals surface area contributed by atoms with Crippen LogP contribution in [-0.4, -0.2) is 45.5 Å². The number of ketones is 1. The summed E-state index contributed by atoms with van der Waals surface area (Å²) in [6.45, 7) is 5.57. The summed E-state index contributed by atoms with van der Waals surface area (Å²) in [6.07, 6.45) is 3.84. The van der Waals surface area contributed by atoms with Crippen molar-refractivity contribution in [2.24, 2.45) is 16.7 Å². The lowest BCUT2D eigenvalue weighted by atomic mass is 9.70. The first-order valence-electron chi connectivity index (χ1n) is 10.3. The predicted octanol–water partition coefficient (Wildman–Crippen LogP) is 4.71. The van der Waals surface area contributed by atoms with Gasteiger partial charge in [-0.05, 0) is 48.6 Å². The van der Waals surface area contributed by atoms with E-state index < -0.39 is 0 Å². The summed E-state index contributed by atoms with van der Waals surface area (Å²) >= 11 is 3.72. The molecule has 1 aromatic carbocycles. The van der Waals surface area contributed by atoms with Crippen LogP contribution in [0.3, 0.4) is 0 Å². The molecule has 0 N–H and O–H groups in total. The second-order valence-corrected chi connectivity index (χ2v) is 9.27. The number of aryl methyl sites for hydroxylation is 1. The quantitative estimate of drug-likeness (QED) is 0.267. The summed E-state index contributed by atoms with van der Waals surface area (Å²) in [4.78, 5) is 13.6. The highest BCUT2D eigenvalue weighted by molar-refractivity contribution is 9.09. The van der Waals surface area contributed by atoms with Crippen molar-refractivity contribution in [1.29, 1.82) is 0 Å². The lowest BCUT2D eigenvalue weighted by molar-refractivity contribution is -0.129. The molecule has 2 saturated carbocycles. The zero-order valence-corrected chi connectivity index (χ0v) is 19.5. The zero-order chi connectivity index (χ0) is 21.1. The van der Waals surface area contributed by atoms with E-state index in [1.807, 2.05) is 6.07 Å². The fraction of sp³-hybridized carbons (Fsp3) is 0.696. The number of methoxy groups -OCH3 is 2. The van der Waals surface area contributed by atoms with Gasteiger partial charge in [0.05, 0.1) is 5.92 Å². The molecule has 29 heavy (non-hydrogen) atoms. The van der Waals surface area contributed by atoms with Crippen molar-refractivity contribution < 1.29 is 23.7 Å². The van der Waals surface area contributed by atoms with Crippen molar-refractivity contribution in [2.75, 3.05) is 39.7 Å². The number of alkyl halides is 1. The third-order valence-corrected chi connectivity index (χ3v) is 8.40. The first-order valence-corrected chi connectivity index (χ1v) is 11.5. The Morgan fingerprint density at radius 3 is 2.59 bits per heavy atom. The number of halogens is 1. The average Bonchev–Trinajstić information content (AvgIpc) is 3.08. The molecule has 162 valence electrons. The molecule has 0 amide bonds. The van der Waals surface area contributed by atoms with Gasteiger partial charge in [-0.1, -0.05) is 41.9 Å². The van der Waals surface area contributed by atoms with Crippen LogP contribution in [0.5, 0.6) is 5.75 Å². The van der Waals surface area contributed by atoms with Crippen LogP contribution in [0.4, 0.5) is 0 Å². The molecule has 0 saturated heterocycles. The normalized spacial score (nSPS) is 30.9. The van der Waals surface area contributed by atoms with Gasteiger partial charge in [0.25, 0.3) is 0 Å². The van der Waals surface area contributed by atoms with E-state index >= 15 is 0 Å². The first kappa shape index (κ1) is 22.7. The SMILES string of the molecule is COCOCCCc1ccc(OCOC)c([C@@H]2C(=O)[C@]3(C)CC[C@H]2[C@@]3(C)CBr)c1. The van der Waals surface area contributed by atoms with Gasteiger partial charge < -0.3 is 18.9 Å². The second kappa shape index (κ2) is 9.46. The van der Waals surface area contributed by atoms with E-state index in [0.29, 0.717) is 25.1 Å². The van der Waals surface area contributed by atoms with Crippen LogP contribution < -0.4 is 4.74 Å². The van der Waals surface area contributed by atoms with Crippen LogP contribution >= 0.6 is 15.9 Å². The Hall–Kier alpha value is -0.950. The van der Waals surface area contributed by atoms with E-state index in [1.54, 1.807) is 14.2 Å². The van der Waals surface area contributed by atoms with Crippen molar-refractivity contribution in [3.63, 3.8) is 0 Å². The standard InChI is InChI=1S/C23H33BrO5/c1-22-10-9-18(23(22,2)13-24)20(21(22)25)17-12-16(6-5-11-28-14-26-3)7-8-19(17)29-15-27-4/h7-8,12,18,20H,5-6,9-11,13-15H2,1-4H3/t18-,20+,22+,23-/m1/s1. The van der Waals surface area contributed by atoms with E-state index in [0.717, 1.165) is 42.3 Å². The molecular weight excluding hydrogens is 436 g/mol. The Bertz CT molecular complexity index is 723. The van der Waals surface area contributed by atoms with Gasteiger partial charge in [-0.25, -0.2) is 0 Å². The summed E-state index contributed by atoms with van der Waals surface area (Å²) in [5, 5.41) is 0.841. The Balaban J connectivity index is 1.88. The molecule has 6 heteroatoms. The lowest BCUT2D eigenvalue weighted by Crippen LogP contribution is -2.36. The number of carbonyl (C=O) groups excluding carboxylic acids is 1. The maximum Gasteiger partial charge on any atom is 0.188 e. The van der Waals surface area contributed by atoms with Gasteiger partial charge in [0.15, 0.2) is 6.79 Å². The molecule has 5 nitrogen and oxygen atoms in total. The molecule has 0 aromatic heterocycles. The molecule has 2 aliphatic rings. The maximum absolute atomic E-state index is 13.6. The van der Waals surface area contributed by atoms with Crippen molar-refractivity contribution in [3.05, 3.63) is 29.3 Å². The summed E-state index contributed by atoms with van der Waals surface area (Å²) in [6, 6.07) is 6.24. The van der Waals surface area contributed by atoms with Crippen LogP contribution in [0.1, 0.15) is 50.2 Å².